The summed E-state index contributed by atoms with van der Waals surface area (Å²) >= 11 is 0. The predicted molar refractivity (Wildman–Crippen MR) is 84.9 cm³/mol. The van der Waals surface area contributed by atoms with Crippen molar-refractivity contribution in [3.63, 3.8) is 0 Å². The Balaban J connectivity index is 2.40. The van der Waals surface area contributed by atoms with Crippen LogP contribution in [-0.4, -0.2) is 30.6 Å². The summed E-state index contributed by atoms with van der Waals surface area (Å²) in [6.07, 6.45) is 1.50. The summed E-state index contributed by atoms with van der Waals surface area (Å²) in [5.74, 6) is -0.462. The average molecular weight is 307 g/mol. The standard InChI is InChI=1S/C17H25NO4/c1-12(2)9-14(17(20)21)11-18-16(19)8-7-13-5-4-6-15(10-13)22-3/h4-6,10,12,14H,7-9,11H2,1-3H3,(H,18,19)(H,20,21). The van der Waals surface area contributed by atoms with Crippen LogP contribution in [0.4, 0.5) is 0 Å². The zero-order valence-electron chi connectivity index (χ0n) is 13.5. The molecule has 5 nitrogen and oxygen atoms in total. The number of carboxylic acid groups (broad SMARTS) is 1. The first-order valence-corrected chi connectivity index (χ1v) is 7.54. The molecule has 0 bridgehead atoms. The maximum atomic E-state index is 11.8. The lowest BCUT2D eigenvalue weighted by atomic mass is 9.97. The number of aryl methyl sites for hydroxylation is 1. The zero-order chi connectivity index (χ0) is 16.5. The highest BCUT2D eigenvalue weighted by molar-refractivity contribution is 5.77. The molecule has 0 saturated carbocycles. The molecule has 1 amide bonds. The summed E-state index contributed by atoms with van der Waals surface area (Å²) in [6, 6.07) is 7.57. The minimum Gasteiger partial charge on any atom is -0.497 e. The number of amides is 1. The van der Waals surface area contributed by atoms with E-state index in [1.807, 2.05) is 38.1 Å². The molecule has 0 aliphatic rings. The maximum absolute atomic E-state index is 11.8. The Bertz CT molecular complexity index is 499. The van der Waals surface area contributed by atoms with E-state index in [1.54, 1.807) is 7.11 Å². The van der Waals surface area contributed by atoms with Crippen molar-refractivity contribution in [2.24, 2.45) is 11.8 Å². The van der Waals surface area contributed by atoms with Crippen molar-refractivity contribution in [2.75, 3.05) is 13.7 Å². The maximum Gasteiger partial charge on any atom is 0.308 e. The van der Waals surface area contributed by atoms with Crippen LogP contribution in [0.5, 0.6) is 5.75 Å². The van der Waals surface area contributed by atoms with Gasteiger partial charge < -0.3 is 15.2 Å². The van der Waals surface area contributed by atoms with Gasteiger partial charge in [-0.1, -0.05) is 26.0 Å². The molecule has 1 aromatic carbocycles. The van der Waals surface area contributed by atoms with Crippen LogP contribution in [-0.2, 0) is 16.0 Å². The van der Waals surface area contributed by atoms with E-state index in [9.17, 15) is 9.59 Å². The minimum atomic E-state index is -0.859. The third-order valence-corrected chi connectivity index (χ3v) is 3.43. The normalized spacial score (nSPS) is 12.0. The Morgan fingerprint density at radius 1 is 1.32 bits per heavy atom. The van der Waals surface area contributed by atoms with E-state index in [0.29, 0.717) is 19.3 Å². The molecule has 5 heteroatoms. The molecule has 1 aromatic rings. The molecule has 0 spiro atoms. The number of carbonyl (C=O) groups is 2. The van der Waals surface area contributed by atoms with E-state index in [4.69, 9.17) is 9.84 Å². The summed E-state index contributed by atoms with van der Waals surface area (Å²) < 4.78 is 5.14. The van der Waals surface area contributed by atoms with Crippen LogP contribution in [0.3, 0.4) is 0 Å². The quantitative estimate of drug-likeness (QED) is 0.735. The van der Waals surface area contributed by atoms with Crippen molar-refractivity contribution in [3.8, 4) is 5.75 Å². The van der Waals surface area contributed by atoms with Gasteiger partial charge in [0.2, 0.25) is 5.91 Å². The van der Waals surface area contributed by atoms with E-state index in [2.05, 4.69) is 5.32 Å². The molecule has 2 N–H and O–H groups in total. The van der Waals surface area contributed by atoms with E-state index >= 15 is 0 Å². The molecular weight excluding hydrogens is 282 g/mol. The lowest BCUT2D eigenvalue weighted by Gasteiger charge is -2.15. The smallest absolute Gasteiger partial charge is 0.308 e. The second-order valence-electron chi connectivity index (χ2n) is 5.82. The average Bonchev–Trinajstić information content (AvgIpc) is 2.49. The van der Waals surface area contributed by atoms with Crippen LogP contribution >= 0.6 is 0 Å². The number of nitrogens with one attached hydrogen (secondary N) is 1. The highest BCUT2D eigenvalue weighted by Gasteiger charge is 2.19. The highest BCUT2D eigenvalue weighted by atomic mass is 16.5. The Morgan fingerprint density at radius 3 is 2.64 bits per heavy atom. The van der Waals surface area contributed by atoms with Gasteiger partial charge in [0.1, 0.15) is 5.75 Å². The van der Waals surface area contributed by atoms with Gasteiger partial charge in [0.15, 0.2) is 0 Å². The van der Waals surface area contributed by atoms with Crippen molar-refractivity contribution in [1.29, 1.82) is 0 Å². The van der Waals surface area contributed by atoms with Gasteiger partial charge in [-0.3, -0.25) is 9.59 Å². The molecule has 0 fully saturated rings. The Hall–Kier alpha value is -2.04. The van der Waals surface area contributed by atoms with E-state index < -0.39 is 11.9 Å². The van der Waals surface area contributed by atoms with Crippen LogP contribution in [0.15, 0.2) is 24.3 Å². The third kappa shape index (κ3) is 6.61. The molecule has 0 saturated heterocycles. The molecule has 1 rings (SSSR count). The second kappa shape index (κ2) is 9.07. The first-order valence-electron chi connectivity index (χ1n) is 7.54. The third-order valence-electron chi connectivity index (χ3n) is 3.43. The van der Waals surface area contributed by atoms with E-state index in [0.717, 1.165) is 11.3 Å². The first kappa shape index (κ1) is 18.0. The number of hydrogen-bond donors (Lipinski definition) is 2. The molecule has 1 atom stereocenters. The lowest BCUT2D eigenvalue weighted by molar-refractivity contribution is -0.142. The van der Waals surface area contributed by atoms with Crippen molar-refractivity contribution >= 4 is 11.9 Å². The number of methoxy groups -OCH3 is 1. The van der Waals surface area contributed by atoms with Gasteiger partial charge in [-0.25, -0.2) is 0 Å². The highest BCUT2D eigenvalue weighted by Crippen LogP contribution is 2.14. The van der Waals surface area contributed by atoms with Gasteiger partial charge in [0.05, 0.1) is 13.0 Å². The summed E-state index contributed by atoms with van der Waals surface area (Å²) in [4.78, 5) is 23.0. The molecular formula is C17H25NO4. The minimum absolute atomic E-state index is 0.127. The number of carboxylic acids is 1. The topological polar surface area (TPSA) is 75.6 Å². The van der Waals surface area contributed by atoms with Crippen molar-refractivity contribution in [2.45, 2.75) is 33.1 Å². The van der Waals surface area contributed by atoms with Crippen LogP contribution in [0.1, 0.15) is 32.3 Å². The molecule has 22 heavy (non-hydrogen) atoms. The Labute approximate surface area is 131 Å². The van der Waals surface area contributed by atoms with E-state index in [-0.39, 0.29) is 18.4 Å². The number of hydrogen-bond acceptors (Lipinski definition) is 3. The SMILES string of the molecule is COc1cccc(CCC(=O)NCC(CC(C)C)C(=O)O)c1. The monoisotopic (exact) mass is 307 g/mol. The molecule has 0 aromatic heterocycles. The fraction of sp³-hybridized carbons (Fsp3) is 0.529. The van der Waals surface area contributed by atoms with E-state index in [1.165, 1.54) is 0 Å². The molecule has 0 radical (unpaired) electrons. The van der Waals surface area contributed by atoms with Crippen molar-refractivity contribution in [3.05, 3.63) is 29.8 Å². The lowest BCUT2D eigenvalue weighted by Crippen LogP contribution is -2.33. The van der Waals surface area contributed by atoms with Gasteiger partial charge >= 0.3 is 5.97 Å². The van der Waals surface area contributed by atoms with Crippen LogP contribution in [0, 0.1) is 11.8 Å². The number of rotatable bonds is 9. The van der Waals surface area contributed by atoms with Crippen LogP contribution in [0.2, 0.25) is 0 Å². The first-order chi connectivity index (χ1) is 10.4. The van der Waals surface area contributed by atoms with Gasteiger partial charge in [-0.15, -0.1) is 0 Å². The van der Waals surface area contributed by atoms with Gasteiger partial charge in [0.25, 0.3) is 0 Å². The number of ether oxygens (including phenoxy) is 1. The number of benzene rings is 1. The fourth-order valence-electron chi connectivity index (χ4n) is 2.25. The summed E-state index contributed by atoms with van der Waals surface area (Å²) in [6.45, 7) is 4.13. The fourth-order valence-corrected chi connectivity index (χ4v) is 2.25. The summed E-state index contributed by atoms with van der Waals surface area (Å²) in [5.41, 5.74) is 1.02. The molecule has 0 aliphatic heterocycles. The largest absolute Gasteiger partial charge is 0.497 e. The van der Waals surface area contributed by atoms with Gasteiger partial charge in [-0.05, 0) is 36.5 Å². The van der Waals surface area contributed by atoms with Gasteiger partial charge in [-0.2, -0.15) is 0 Å². The Morgan fingerprint density at radius 2 is 2.05 bits per heavy atom. The van der Waals surface area contributed by atoms with Crippen LogP contribution < -0.4 is 10.1 Å². The van der Waals surface area contributed by atoms with Crippen LogP contribution in [0.25, 0.3) is 0 Å². The molecule has 0 aliphatic carbocycles. The molecule has 0 heterocycles. The predicted octanol–water partition coefficient (Wildman–Crippen LogP) is 2.49. The molecule has 1 unspecified atom stereocenters. The van der Waals surface area contributed by atoms with Crippen molar-refractivity contribution in [1.82, 2.24) is 5.32 Å². The number of carbonyl (C=O) groups excluding carboxylic acids is 1. The summed E-state index contributed by atoms with van der Waals surface area (Å²) in [7, 11) is 1.60. The van der Waals surface area contributed by atoms with Gasteiger partial charge in [0, 0.05) is 13.0 Å². The zero-order valence-corrected chi connectivity index (χ0v) is 13.5. The summed E-state index contributed by atoms with van der Waals surface area (Å²) in [5, 5.41) is 11.9. The van der Waals surface area contributed by atoms with Crippen molar-refractivity contribution < 1.29 is 19.4 Å². The Kier molecular flexibility index (Phi) is 7.43. The molecule has 122 valence electrons. The number of aliphatic carboxylic acids is 1. The second-order valence-corrected chi connectivity index (χ2v) is 5.82.